The van der Waals surface area contributed by atoms with E-state index in [9.17, 15) is 14.4 Å². The van der Waals surface area contributed by atoms with Gasteiger partial charge in [-0.3, -0.25) is 24.2 Å². The number of halogens is 1. The summed E-state index contributed by atoms with van der Waals surface area (Å²) in [5, 5.41) is 0. The van der Waals surface area contributed by atoms with E-state index >= 15 is 0 Å². The number of rotatable bonds is 5. The standard InChI is InChI=1S/C36H60N3O6.BrH/c1-23(40)43-27-11-14-37(15-12-27)32-22-36(5)26(20-33(32)44-24(2)41)8-9-28-29(36)10-13-35(4)30(28)21-31(34(35)45-25(3)42)38-16-18-39(6,7)19-17-38;/h26-34H,8-22H2,1-7H3;1H/q+1;/p-1/t26-,28?,29?,30?,31-,32-,33-,34-,35-,36-;/m0./s1. The normalized spacial score (nSPS) is 42.8. The minimum Gasteiger partial charge on any atom is -1.00 e. The molecule has 0 N–H and O–H groups in total. The summed E-state index contributed by atoms with van der Waals surface area (Å²) in [6.45, 7) is 15.8. The number of piperidine rings is 1. The lowest BCUT2D eigenvalue weighted by Crippen LogP contribution is -3.00. The highest BCUT2D eigenvalue weighted by Crippen LogP contribution is 2.67. The second kappa shape index (κ2) is 13.6. The van der Waals surface area contributed by atoms with Crippen LogP contribution >= 0.6 is 0 Å². The van der Waals surface area contributed by atoms with E-state index in [0.717, 1.165) is 82.3 Å². The largest absolute Gasteiger partial charge is 1.00 e. The van der Waals surface area contributed by atoms with Gasteiger partial charge >= 0.3 is 17.9 Å². The average molecular weight is 711 g/mol. The maximum Gasteiger partial charge on any atom is 0.302 e. The highest BCUT2D eigenvalue weighted by atomic mass is 79.9. The van der Waals surface area contributed by atoms with Crippen molar-refractivity contribution >= 4 is 17.9 Å². The molecule has 2 saturated heterocycles. The summed E-state index contributed by atoms with van der Waals surface area (Å²) < 4.78 is 19.0. The molecule has 0 spiro atoms. The van der Waals surface area contributed by atoms with E-state index < -0.39 is 0 Å². The number of likely N-dealkylation sites (N-methyl/N-ethyl adjacent to an activating group) is 1. The molecule has 262 valence electrons. The van der Waals surface area contributed by atoms with Gasteiger partial charge < -0.3 is 35.7 Å². The molecule has 4 aliphatic carbocycles. The van der Waals surface area contributed by atoms with Crippen LogP contribution in [-0.4, -0.2) is 116 Å². The number of quaternary nitrogens is 1. The maximum absolute atomic E-state index is 12.5. The lowest BCUT2D eigenvalue weighted by Gasteiger charge is -2.62. The molecule has 4 saturated carbocycles. The van der Waals surface area contributed by atoms with Crippen LogP contribution in [0.2, 0.25) is 0 Å². The van der Waals surface area contributed by atoms with Gasteiger partial charge in [-0.25, -0.2) is 0 Å². The Morgan fingerprint density at radius 3 is 1.91 bits per heavy atom. The predicted octanol–water partition coefficient (Wildman–Crippen LogP) is 1.27. The Bertz CT molecular complexity index is 1130. The van der Waals surface area contributed by atoms with Crippen LogP contribution in [0, 0.1) is 34.5 Å². The molecule has 46 heavy (non-hydrogen) atoms. The summed E-state index contributed by atoms with van der Waals surface area (Å²) in [5.41, 5.74) is 0.190. The third-order valence-electron chi connectivity index (χ3n) is 13.9. The average Bonchev–Trinajstić information content (AvgIpc) is 3.24. The zero-order valence-electron chi connectivity index (χ0n) is 29.5. The molecule has 0 amide bonds. The molecule has 9 nitrogen and oxygen atoms in total. The molecular formula is C36H60BrN3O6. The van der Waals surface area contributed by atoms with Crippen molar-refractivity contribution in [1.29, 1.82) is 0 Å². The number of carbonyl (C=O) groups is 3. The van der Waals surface area contributed by atoms with E-state index in [1.54, 1.807) is 13.8 Å². The highest BCUT2D eigenvalue weighted by Gasteiger charge is 2.65. The third kappa shape index (κ3) is 6.80. The first kappa shape index (κ1) is 36.1. The molecule has 0 bridgehead atoms. The van der Waals surface area contributed by atoms with Crippen LogP contribution in [0.15, 0.2) is 0 Å². The van der Waals surface area contributed by atoms with Crippen molar-refractivity contribution in [2.24, 2.45) is 34.5 Å². The van der Waals surface area contributed by atoms with Crippen molar-refractivity contribution in [3.05, 3.63) is 0 Å². The maximum atomic E-state index is 12.5. The molecule has 3 unspecified atom stereocenters. The van der Waals surface area contributed by atoms with Crippen LogP contribution in [0.1, 0.15) is 92.4 Å². The number of hydrogen-bond acceptors (Lipinski definition) is 8. The molecule has 2 heterocycles. The van der Waals surface area contributed by atoms with Crippen LogP contribution < -0.4 is 17.0 Å². The number of hydrogen-bond donors (Lipinski definition) is 0. The van der Waals surface area contributed by atoms with Crippen LogP contribution in [0.25, 0.3) is 0 Å². The molecule has 10 heteroatoms. The van der Waals surface area contributed by atoms with Crippen LogP contribution in [0.4, 0.5) is 0 Å². The quantitative estimate of drug-likeness (QED) is 0.240. The van der Waals surface area contributed by atoms with Crippen LogP contribution in [0.5, 0.6) is 0 Å². The van der Waals surface area contributed by atoms with E-state index in [4.69, 9.17) is 14.2 Å². The summed E-state index contributed by atoms with van der Waals surface area (Å²) in [7, 11) is 4.65. The van der Waals surface area contributed by atoms with Crippen molar-refractivity contribution in [3.63, 3.8) is 0 Å². The number of likely N-dealkylation sites (tertiary alicyclic amines) is 1. The fraction of sp³-hybridized carbons (Fsp3) is 0.917. The van der Waals surface area contributed by atoms with Gasteiger partial charge in [-0.05, 0) is 86.9 Å². The Hall–Kier alpha value is -1.23. The smallest absolute Gasteiger partial charge is 0.302 e. The molecule has 0 aromatic carbocycles. The van der Waals surface area contributed by atoms with Crippen molar-refractivity contribution in [3.8, 4) is 0 Å². The van der Waals surface area contributed by atoms with Crippen LogP contribution in [0.3, 0.4) is 0 Å². The lowest BCUT2D eigenvalue weighted by molar-refractivity contribution is -0.894. The minimum absolute atomic E-state index is 0. The fourth-order valence-corrected chi connectivity index (χ4v) is 11.6. The minimum atomic E-state index is -0.204. The first-order valence-electron chi connectivity index (χ1n) is 18.0. The van der Waals surface area contributed by atoms with Gasteiger partial charge in [0.15, 0.2) is 0 Å². The van der Waals surface area contributed by atoms with E-state index in [2.05, 4.69) is 37.7 Å². The number of esters is 3. The van der Waals surface area contributed by atoms with Gasteiger partial charge in [0, 0.05) is 64.4 Å². The SMILES string of the molecule is CC(=O)OC1CCN([C@H]2C[C@]3(C)C4CC[C@@]5(C)C(C[C@H](N6CC[N+](C)(C)CC6)[C@@H]5OC(C)=O)C4CC[C@H]3C[C@@H]2OC(C)=O)CC1.[Br-]. The highest BCUT2D eigenvalue weighted by molar-refractivity contribution is 5.67. The topological polar surface area (TPSA) is 85.4 Å². The van der Waals surface area contributed by atoms with Crippen molar-refractivity contribution in [2.45, 2.75) is 123 Å². The first-order valence-corrected chi connectivity index (χ1v) is 18.0. The first-order chi connectivity index (χ1) is 21.2. The van der Waals surface area contributed by atoms with Crippen molar-refractivity contribution in [2.75, 3.05) is 53.4 Å². The van der Waals surface area contributed by atoms with Gasteiger partial charge in [0.05, 0.1) is 27.2 Å². The Kier molecular flexibility index (Phi) is 10.6. The van der Waals surface area contributed by atoms with Gasteiger partial charge in [-0.1, -0.05) is 13.8 Å². The van der Waals surface area contributed by atoms with E-state index in [-0.39, 0.29) is 70.1 Å². The van der Waals surface area contributed by atoms with Gasteiger partial charge in [-0.15, -0.1) is 0 Å². The van der Waals surface area contributed by atoms with E-state index in [1.165, 1.54) is 26.2 Å². The molecular weight excluding hydrogens is 650 g/mol. The molecule has 0 aromatic rings. The Morgan fingerprint density at radius 1 is 0.696 bits per heavy atom. The number of carbonyl (C=O) groups excluding carboxylic acids is 3. The van der Waals surface area contributed by atoms with E-state index in [0.29, 0.717) is 29.7 Å². The monoisotopic (exact) mass is 709 g/mol. The summed E-state index contributed by atoms with van der Waals surface area (Å²) in [6, 6.07) is 0.500. The van der Waals surface area contributed by atoms with Gasteiger partial charge in [0.1, 0.15) is 18.3 Å². The number of ether oxygens (including phenoxy) is 3. The Morgan fingerprint density at radius 2 is 1.30 bits per heavy atom. The molecule has 10 atom stereocenters. The summed E-state index contributed by atoms with van der Waals surface area (Å²) in [6.07, 6.45) is 9.35. The summed E-state index contributed by atoms with van der Waals surface area (Å²) in [4.78, 5) is 41.6. The second-order valence-electron chi connectivity index (χ2n) is 17.0. The third-order valence-corrected chi connectivity index (χ3v) is 13.9. The zero-order chi connectivity index (χ0) is 32.3. The molecule has 0 radical (unpaired) electrons. The predicted molar refractivity (Wildman–Crippen MR) is 171 cm³/mol. The van der Waals surface area contributed by atoms with Crippen molar-refractivity contribution in [1.82, 2.24) is 9.80 Å². The molecule has 0 aromatic heterocycles. The Labute approximate surface area is 287 Å². The summed E-state index contributed by atoms with van der Waals surface area (Å²) in [5.74, 6) is 1.84. The van der Waals surface area contributed by atoms with Gasteiger partial charge in [0.25, 0.3) is 0 Å². The molecule has 2 aliphatic heterocycles. The number of piperazine rings is 1. The lowest BCUT2D eigenvalue weighted by atomic mass is 9.44. The summed E-state index contributed by atoms with van der Waals surface area (Å²) >= 11 is 0. The second-order valence-corrected chi connectivity index (χ2v) is 17.0. The Balaban J connectivity index is 0.00000417. The van der Waals surface area contributed by atoms with Crippen LogP contribution in [-0.2, 0) is 28.6 Å². The fourth-order valence-electron chi connectivity index (χ4n) is 11.6. The number of nitrogens with zero attached hydrogens (tertiary/aromatic N) is 3. The molecule has 6 rings (SSSR count). The molecule has 6 fully saturated rings. The molecule has 6 aliphatic rings. The number of fused-ring (bicyclic) bond motifs is 5. The van der Waals surface area contributed by atoms with Gasteiger partial charge in [-0.2, -0.15) is 0 Å². The van der Waals surface area contributed by atoms with E-state index in [1.807, 2.05) is 0 Å². The zero-order valence-corrected chi connectivity index (χ0v) is 31.1. The van der Waals surface area contributed by atoms with Gasteiger partial charge in [0.2, 0.25) is 0 Å². The van der Waals surface area contributed by atoms with Crippen molar-refractivity contribution < 1.29 is 50.1 Å².